The molecule has 66 heavy (non-hydrogen) atoms. The molecule has 0 bridgehead atoms. The largest absolute Gasteiger partial charge is 0.508 e. The molecular formula is C53H50N6O7. The number of carbonyl (C=O) groups is 3. The summed E-state index contributed by atoms with van der Waals surface area (Å²) in [6.45, 7) is 18.6. The van der Waals surface area contributed by atoms with Crippen molar-refractivity contribution in [1.29, 1.82) is 0 Å². The Morgan fingerprint density at radius 1 is 0.394 bits per heavy atom. The van der Waals surface area contributed by atoms with Crippen molar-refractivity contribution in [2.45, 2.75) is 13.8 Å². The van der Waals surface area contributed by atoms with E-state index in [4.69, 9.17) is 0 Å². The Kier molecular flexibility index (Phi) is 15.5. The van der Waals surface area contributed by atoms with Crippen LogP contribution in [0, 0.1) is 9.81 Å². The number of amides is 2. The average Bonchev–Trinajstić information content (AvgIpc) is 3.34. The first-order valence-electron chi connectivity index (χ1n) is 21.1. The van der Waals surface area contributed by atoms with E-state index in [2.05, 4.69) is 61.8 Å². The van der Waals surface area contributed by atoms with Crippen molar-refractivity contribution < 1.29 is 24.6 Å². The van der Waals surface area contributed by atoms with Crippen molar-refractivity contribution in [3.8, 4) is 0 Å². The maximum atomic E-state index is 12.2. The summed E-state index contributed by atoms with van der Waals surface area (Å²) in [7, 11) is 0. The van der Waals surface area contributed by atoms with Crippen LogP contribution in [0.5, 0.6) is 0 Å². The van der Waals surface area contributed by atoms with Gasteiger partial charge in [-0.05, 0) is 146 Å². The molecule has 2 amide bonds. The Hall–Kier alpha value is -8.45. The van der Waals surface area contributed by atoms with Gasteiger partial charge in [-0.3, -0.25) is 9.59 Å². The summed E-state index contributed by atoms with van der Waals surface area (Å²) >= 11 is 0. The monoisotopic (exact) mass is 882 g/mol. The van der Waals surface area contributed by atoms with Gasteiger partial charge >= 0.3 is 17.8 Å². The van der Waals surface area contributed by atoms with Crippen molar-refractivity contribution in [1.82, 2.24) is 0 Å². The van der Waals surface area contributed by atoms with Gasteiger partial charge in [-0.25, -0.2) is 4.79 Å². The summed E-state index contributed by atoms with van der Waals surface area (Å²) in [5, 5.41) is 24.9. The van der Waals surface area contributed by atoms with Crippen molar-refractivity contribution in [3.63, 3.8) is 0 Å². The van der Waals surface area contributed by atoms with Crippen LogP contribution in [0.2, 0.25) is 0 Å². The minimum absolute atomic E-state index is 0.0622. The van der Waals surface area contributed by atoms with E-state index in [0.717, 1.165) is 56.4 Å². The number of nitrogens with zero attached hydrogens (tertiary/aromatic N) is 6. The normalized spacial score (nSPS) is 10.6. The number of hydrogen-bond acceptors (Lipinski definition) is 10. The second-order valence-electron chi connectivity index (χ2n) is 15.7. The molecule has 6 rings (SSSR count). The number of anilines is 6. The molecular weight excluding hydrogens is 833 g/mol. The molecule has 0 aliphatic rings. The molecule has 0 saturated carbocycles. The van der Waals surface area contributed by atoms with E-state index in [-0.39, 0.29) is 22.4 Å². The Labute approximate surface area is 383 Å². The van der Waals surface area contributed by atoms with Crippen LogP contribution in [0.4, 0.5) is 34.1 Å². The molecule has 0 saturated heterocycles. The lowest BCUT2D eigenvalue weighted by Gasteiger charge is -2.35. The summed E-state index contributed by atoms with van der Waals surface area (Å²) in [5.41, 5.74) is 9.87. The van der Waals surface area contributed by atoms with Crippen molar-refractivity contribution in [3.05, 3.63) is 209 Å². The molecule has 13 heteroatoms. The first kappa shape index (κ1) is 47.0. The molecule has 6 aromatic rings. The van der Waals surface area contributed by atoms with E-state index >= 15 is 0 Å². The maximum Gasteiger partial charge on any atom is 0.335 e. The van der Waals surface area contributed by atoms with Crippen molar-refractivity contribution in [2.75, 3.05) is 58.9 Å². The molecule has 2 N–H and O–H groups in total. The minimum atomic E-state index is -1.02. The van der Waals surface area contributed by atoms with Crippen LogP contribution in [-0.2, 0) is 0 Å². The van der Waals surface area contributed by atoms with Gasteiger partial charge in [0.2, 0.25) is 0 Å². The number of nitroso groups, excluding NO2 is 2. The number of aromatic carboxylic acids is 1. The smallest absolute Gasteiger partial charge is 0.335 e. The fourth-order valence-corrected chi connectivity index (χ4v) is 7.44. The molecule has 0 heterocycles. The standard InChI is InChI=1S/C53H50N6O7/c1-36(2)39-6-18-45(19-7-39)56(32-35-59(48-24-10-41(11-25-48)38(5)60)49-26-14-43(15-27-49)52(62)55-66)30-31-57(46-20-12-42(13-21-46)51(61)54-65)33-34-58(47-22-8-40(9-23-47)37(3)4)50-28-16-44(17-29-50)53(63)64/h6-29,60H,1,3,5,30-35H2,2,4H3,(H,63,64). The number of benzene rings is 6. The number of aliphatic hydroxyl groups excluding tert-OH is 1. The van der Waals surface area contributed by atoms with Crippen LogP contribution in [0.1, 0.15) is 61.6 Å². The average molecular weight is 883 g/mol. The topological polar surface area (TPSA) is 163 Å². The number of carboxylic acids is 1. The number of allylic oxidation sites excluding steroid dienone is 2. The number of hydrogen-bond donors (Lipinski definition) is 2. The van der Waals surface area contributed by atoms with Crippen LogP contribution in [0.25, 0.3) is 16.9 Å². The fourth-order valence-electron chi connectivity index (χ4n) is 7.44. The zero-order chi connectivity index (χ0) is 47.3. The third-order valence-electron chi connectivity index (χ3n) is 11.2. The molecule has 0 unspecified atom stereocenters. The second kappa shape index (κ2) is 21.8. The van der Waals surface area contributed by atoms with Gasteiger partial charge < -0.3 is 29.8 Å². The van der Waals surface area contributed by atoms with Gasteiger partial charge in [-0.1, -0.05) is 55.1 Å². The summed E-state index contributed by atoms with van der Waals surface area (Å²) in [5.74, 6) is -2.82. The lowest BCUT2D eigenvalue weighted by atomic mass is 10.1. The highest BCUT2D eigenvalue weighted by atomic mass is 16.4. The summed E-state index contributed by atoms with van der Waals surface area (Å²) < 4.78 is 0. The van der Waals surface area contributed by atoms with Gasteiger partial charge in [0.05, 0.1) is 5.56 Å². The van der Waals surface area contributed by atoms with Gasteiger partial charge in [-0.15, -0.1) is 9.81 Å². The van der Waals surface area contributed by atoms with Gasteiger partial charge in [0.15, 0.2) is 0 Å². The first-order chi connectivity index (χ1) is 31.8. The van der Waals surface area contributed by atoms with Gasteiger partial charge in [0.25, 0.3) is 0 Å². The summed E-state index contributed by atoms with van der Waals surface area (Å²) in [6.07, 6.45) is 0. The van der Waals surface area contributed by atoms with E-state index < -0.39 is 17.8 Å². The zero-order valence-corrected chi connectivity index (χ0v) is 36.8. The highest BCUT2D eigenvalue weighted by Crippen LogP contribution is 2.30. The van der Waals surface area contributed by atoms with Crippen molar-refractivity contribution >= 4 is 68.8 Å². The molecule has 0 spiro atoms. The van der Waals surface area contributed by atoms with E-state index in [9.17, 15) is 34.4 Å². The predicted molar refractivity (Wildman–Crippen MR) is 265 cm³/mol. The van der Waals surface area contributed by atoms with Crippen LogP contribution < -0.4 is 19.6 Å². The third kappa shape index (κ3) is 11.8. The number of carbonyl (C=O) groups excluding carboxylic acids is 2. The fraction of sp³-hybridized carbons (Fsp3) is 0.151. The molecule has 6 aromatic carbocycles. The zero-order valence-electron chi connectivity index (χ0n) is 36.8. The minimum Gasteiger partial charge on any atom is -0.508 e. The van der Waals surface area contributed by atoms with E-state index in [1.54, 1.807) is 84.9 Å². The number of rotatable bonds is 21. The number of aliphatic hydroxyl groups is 1. The van der Waals surface area contributed by atoms with E-state index in [1.165, 1.54) is 0 Å². The molecule has 334 valence electrons. The van der Waals surface area contributed by atoms with Crippen LogP contribution >= 0.6 is 0 Å². The SMILES string of the molecule is C=C(C)c1ccc(N(CCN(CCN(c2ccc(C(=C)C)cc2)c2ccc(C(=O)O)cc2)c2ccc(C(=O)N=O)cc2)CCN(c2ccc(C(=C)O)cc2)c2ccc(C(=O)N=O)cc2)cc1. The highest BCUT2D eigenvalue weighted by Gasteiger charge is 2.19. The molecule has 0 aromatic heterocycles. The molecule has 0 aliphatic carbocycles. The Morgan fingerprint density at radius 2 is 0.652 bits per heavy atom. The Bertz CT molecular complexity index is 2660. The third-order valence-corrected chi connectivity index (χ3v) is 11.2. The molecule has 0 fully saturated rings. The maximum absolute atomic E-state index is 12.2. The predicted octanol–water partition coefficient (Wildman–Crippen LogP) is 11.8. The Morgan fingerprint density at radius 3 is 0.924 bits per heavy atom. The molecule has 0 atom stereocenters. The second-order valence-corrected chi connectivity index (χ2v) is 15.7. The summed E-state index contributed by atoms with van der Waals surface area (Å²) in [4.78, 5) is 66.9. The van der Waals surface area contributed by atoms with Crippen LogP contribution in [0.3, 0.4) is 0 Å². The van der Waals surface area contributed by atoms with E-state index in [0.29, 0.717) is 44.8 Å². The van der Waals surface area contributed by atoms with Crippen molar-refractivity contribution in [2.24, 2.45) is 10.4 Å². The lowest BCUT2D eigenvalue weighted by Crippen LogP contribution is -2.41. The van der Waals surface area contributed by atoms with Gasteiger partial charge in [0.1, 0.15) is 5.76 Å². The highest BCUT2D eigenvalue weighted by molar-refractivity contribution is 5.95. The molecule has 13 nitrogen and oxygen atoms in total. The first-order valence-corrected chi connectivity index (χ1v) is 21.1. The quantitative estimate of drug-likeness (QED) is 0.0522. The summed E-state index contributed by atoms with van der Waals surface area (Å²) in [6, 6.07) is 43.6. The van der Waals surface area contributed by atoms with Gasteiger partial charge in [0, 0.05) is 100 Å². The Balaban J connectivity index is 1.35. The van der Waals surface area contributed by atoms with Crippen LogP contribution in [-0.4, -0.2) is 67.3 Å². The van der Waals surface area contributed by atoms with Crippen LogP contribution in [0.15, 0.2) is 176 Å². The van der Waals surface area contributed by atoms with Gasteiger partial charge in [-0.2, -0.15) is 0 Å². The van der Waals surface area contributed by atoms with E-state index in [1.807, 2.05) is 62.4 Å². The lowest BCUT2D eigenvalue weighted by molar-refractivity contribution is 0.0696. The molecule has 0 aliphatic heterocycles. The molecule has 0 radical (unpaired) electrons. The number of carboxylic acid groups (broad SMARTS) is 1.